The van der Waals surface area contributed by atoms with Crippen molar-refractivity contribution in [1.82, 2.24) is 16.3 Å². The molecular weight excluding hydrogens is 752 g/mol. The van der Waals surface area contributed by atoms with Crippen LogP contribution >= 0.6 is 0 Å². The summed E-state index contributed by atoms with van der Waals surface area (Å²) in [4.78, 5) is 96.2. The highest BCUT2D eigenvalue weighted by atomic mass is 16.5. The van der Waals surface area contributed by atoms with Crippen molar-refractivity contribution in [2.75, 3.05) is 0 Å². The van der Waals surface area contributed by atoms with Crippen LogP contribution in [0.2, 0.25) is 0 Å². The summed E-state index contributed by atoms with van der Waals surface area (Å²) in [5.74, 6) is -6.19. The van der Waals surface area contributed by atoms with E-state index >= 15 is 0 Å². The van der Waals surface area contributed by atoms with Gasteiger partial charge in [0.25, 0.3) is 0 Å². The van der Waals surface area contributed by atoms with Gasteiger partial charge in [0.15, 0.2) is 0 Å². The molecule has 0 aromatic heterocycles. The van der Waals surface area contributed by atoms with Crippen LogP contribution in [-0.4, -0.2) is 82.0 Å². The summed E-state index contributed by atoms with van der Waals surface area (Å²) in [5.41, 5.74) is 17.5. The topological polar surface area (TPSA) is 280 Å². The van der Waals surface area contributed by atoms with Crippen LogP contribution in [0.5, 0.6) is 0 Å². The molecule has 0 radical (unpaired) electrons. The van der Waals surface area contributed by atoms with E-state index in [1.165, 1.54) is 6.92 Å². The first-order valence-corrected chi connectivity index (χ1v) is 19.5. The number of hydrogen-bond acceptors (Lipinski definition) is 14. The second-order valence-electron chi connectivity index (χ2n) is 16.5. The molecule has 0 heterocycles. The number of hydrogen-bond donors (Lipinski definition) is 5. The van der Waals surface area contributed by atoms with E-state index in [4.69, 9.17) is 20.9 Å². The Bertz CT molecular complexity index is 1530. The summed E-state index contributed by atoms with van der Waals surface area (Å²) in [6.45, 7) is 25.6. The Morgan fingerprint density at radius 2 is 0.845 bits per heavy atom. The molecule has 330 valence electrons. The maximum absolute atomic E-state index is 12.7. The van der Waals surface area contributed by atoms with Crippen LogP contribution in [0.15, 0.2) is 15.3 Å². The standard InChI is InChI=1S/C36H60N8O10.C4H10/c1-20(12-15-27(45)23(4)25(6)53-29(47)16-13-21(2)39-42-32(50)31(37)49)40-43-33(51)34(52)44-41-22(3)14-17-30(48)54-26(7)24(5)28(46)18-19-35(8,9)36(10,11)38;1-4(2)3/h23-26H,12-19,38H2,1-11H3,(H2,37,49)(H,42,50)(H,43,51)(H,44,52);4H,1-3H3/b39-21+,40-20+,41-22+;. The molecule has 0 aliphatic heterocycles. The van der Waals surface area contributed by atoms with Crippen molar-refractivity contribution >= 4 is 64.3 Å². The lowest BCUT2D eigenvalue weighted by atomic mass is 9.71. The zero-order valence-electron chi connectivity index (χ0n) is 37.1. The van der Waals surface area contributed by atoms with E-state index in [0.29, 0.717) is 30.0 Å². The normalized spacial score (nSPS) is 14.4. The average Bonchev–Trinajstić information content (AvgIpc) is 3.12. The van der Waals surface area contributed by atoms with Gasteiger partial charge < -0.3 is 20.9 Å². The van der Waals surface area contributed by atoms with Gasteiger partial charge in [0.1, 0.15) is 23.8 Å². The van der Waals surface area contributed by atoms with Crippen molar-refractivity contribution in [3.63, 3.8) is 0 Å². The molecule has 7 N–H and O–H groups in total. The van der Waals surface area contributed by atoms with E-state index in [2.05, 4.69) is 46.9 Å². The maximum atomic E-state index is 12.7. The Labute approximate surface area is 343 Å². The second kappa shape index (κ2) is 26.9. The Morgan fingerprint density at radius 3 is 1.17 bits per heavy atom. The lowest BCUT2D eigenvalue weighted by Gasteiger charge is -2.38. The first-order chi connectivity index (χ1) is 26.5. The van der Waals surface area contributed by atoms with Gasteiger partial charge in [-0.3, -0.25) is 38.4 Å². The SMILES string of the molecule is C/C(CCC(=O)OC(C)C(C)C(=O)CC/C(C)=N/NC(=O)C(=O)N/N=C(\C)CCC(=O)OC(C)C(C)C(=O)CCC(C)(C)C(C)(C)N)=N\NC(=O)C(N)=O.CC(C)C. The molecule has 18 heteroatoms. The summed E-state index contributed by atoms with van der Waals surface area (Å²) in [7, 11) is 0. The molecular formula is C40H70N8O10. The number of ether oxygens (including phenoxy) is 2. The third-order valence-electron chi connectivity index (χ3n) is 9.39. The van der Waals surface area contributed by atoms with Gasteiger partial charge in [-0.25, -0.2) is 16.3 Å². The van der Waals surface area contributed by atoms with Gasteiger partial charge in [0.2, 0.25) is 0 Å². The largest absolute Gasteiger partial charge is 0.462 e. The fraction of sp³-hybridized carbons (Fsp3) is 0.725. The molecule has 0 saturated heterocycles. The van der Waals surface area contributed by atoms with Gasteiger partial charge in [-0.05, 0) is 85.5 Å². The maximum Gasteiger partial charge on any atom is 0.331 e. The van der Waals surface area contributed by atoms with E-state index in [1.807, 2.05) is 33.1 Å². The van der Waals surface area contributed by atoms with Gasteiger partial charge in [-0.1, -0.05) is 48.5 Å². The number of primary amides is 1. The van der Waals surface area contributed by atoms with Gasteiger partial charge in [0, 0.05) is 35.5 Å². The molecule has 0 aromatic rings. The van der Waals surface area contributed by atoms with Crippen molar-refractivity contribution in [2.24, 2.45) is 49.9 Å². The number of Topliss-reactive ketones (excluding diaryl/α,β-unsaturated/α-hetero) is 2. The van der Waals surface area contributed by atoms with Crippen LogP contribution in [0, 0.1) is 23.2 Å². The highest BCUT2D eigenvalue weighted by Crippen LogP contribution is 2.34. The van der Waals surface area contributed by atoms with E-state index in [9.17, 15) is 38.4 Å². The minimum atomic E-state index is -1.20. The van der Waals surface area contributed by atoms with E-state index < -0.39 is 65.1 Å². The molecule has 4 unspecified atom stereocenters. The van der Waals surface area contributed by atoms with Crippen molar-refractivity contribution < 1.29 is 47.8 Å². The van der Waals surface area contributed by atoms with Crippen molar-refractivity contribution in [2.45, 2.75) is 166 Å². The van der Waals surface area contributed by atoms with Crippen LogP contribution in [0.1, 0.15) is 148 Å². The average molecular weight is 823 g/mol. The minimum Gasteiger partial charge on any atom is -0.462 e. The molecule has 4 atom stereocenters. The molecule has 0 fully saturated rings. The Balaban J connectivity index is 0. The van der Waals surface area contributed by atoms with Crippen molar-refractivity contribution in [3.8, 4) is 0 Å². The first-order valence-electron chi connectivity index (χ1n) is 19.5. The number of carbonyl (C=O) groups excluding carboxylic acids is 8. The van der Waals surface area contributed by atoms with Crippen molar-refractivity contribution in [3.05, 3.63) is 0 Å². The Kier molecular flexibility index (Phi) is 25.6. The van der Waals surface area contributed by atoms with Crippen LogP contribution in [0.3, 0.4) is 0 Å². The van der Waals surface area contributed by atoms with Gasteiger partial charge in [0.05, 0.1) is 24.7 Å². The number of amides is 4. The molecule has 4 amide bonds. The number of esters is 2. The first kappa shape index (κ1) is 55.2. The van der Waals surface area contributed by atoms with Crippen LogP contribution in [0.25, 0.3) is 0 Å². The third kappa shape index (κ3) is 24.7. The fourth-order valence-corrected chi connectivity index (χ4v) is 4.11. The predicted octanol–water partition coefficient (Wildman–Crippen LogP) is 3.77. The monoisotopic (exact) mass is 823 g/mol. The van der Waals surface area contributed by atoms with Crippen LogP contribution in [-0.2, 0) is 47.8 Å². The molecule has 0 bridgehead atoms. The number of rotatable bonds is 22. The molecule has 0 aromatic carbocycles. The van der Waals surface area contributed by atoms with E-state index in [1.54, 1.807) is 41.5 Å². The molecule has 58 heavy (non-hydrogen) atoms. The third-order valence-corrected chi connectivity index (χ3v) is 9.39. The summed E-state index contributed by atoms with van der Waals surface area (Å²) >= 11 is 0. The summed E-state index contributed by atoms with van der Waals surface area (Å²) < 4.78 is 10.8. The van der Waals surface area contributed by atoms with Crippen LogP contribution < -0.4 is 27.7 Å². The summed E-state index contributed by atoms with van der Waals surface area (Å²) in [6.07, 6.45) is -0.162. The highest BCUT2D eigenvalue weighted by molar-refractivity contribution is 6.35. The lowest BCUT2D eigenvalue weighted by molar-refractivity contribution is -0.153. The predicted molar refractivity (Wildman–Crippen MR) is 222 cm³/mol. The molecule has 0 aliphatic carbocycles. The second-order valence-corrected chi connectivity index (χ2v) is 16.5. The number of nitrogens with one attached hydrogen (secondary N) is 3. The minimum absolute atomic E-state index is 0.0220. The van der Waals surface area contributed by atoms with Crippen molar-refractivity contribution in [1.29, 1.82) is 0 Å². The fourth-order valence-electron chi connectivity index (χ4n) is 4.11. The number of hydrazone groups is 3. The van der Waals surface area contributed by atoms with Crippen LogP contribution in [0.4, 0.5) is 0 Å². The highest BCUT2D eigenvalue weighted by Gasteiger charge is 2.34. The van der Waals surface area contributed by atoms with E-state index in [0.717, 1.165) is 5.92 Å². The molecule has 18 nitrogen and oxygen atoms in total. The number of carbonyl (C=O) groups is 8. The Hall–Kier alpha value is -4.87. The smallest absolute Gasteiger partial charge is 0.331 e. The number of nitrogens with two attached hydrogens (primary N) is 2. The molecule has 0 spiro atoms. The quantitative estimate of drug-likeness (QED) is 0.0454. The van der Waals surface area contributed by atoms with Gasteiger partial charge >= 0.3 is 35.6 Å². The zero-order chi connectivity index (χ0) is 45.6. The van der Waals surface area contributed by atoms with Gasteiger partial charge in [-0.2, -0.15) is 15.3 Å². The molecule has 0 saturated carbocycles. The summed E-state index contributed by atoms with van der Waals surface area (Å²) in [5, 5.41) is 11.3. The molecule has 0 aliphatic rings. The van der Waals surface area contributed by atoms with Gasteiger partial charge in [-0.15, -0.1) is 0 Å². The number of ketones is 2. The zero-order valence-corrected chi connectivity index (χ0v) is 37.1. The van der Waals surface area contributed by atoms with E-state index in [-0.39, 0.29) is 55.5 Å². The molecule has 0 rings (SSSR count). The Morgan fingerprint density at radius 1 is 0.534 bits per heavy atom. The lowest BCUT2D eigenvalue weighted by Crippen LogP contribution is -2.47. The number of nitrogens with zero attached hydrogens (tertiary/aromatic N) is 3. The summed E-state index contributed by atoms with van der Waals surface area (Å²) in [6, 6.07) is 0.